The summed E-state index contributed by atoms with van der Waals surface area (Å²) in [5, 5.41) is 23.3. The number of hydrogen-bond donors (Lipinski definition) is 1. The molecule has 0 saturated carbocycles. The maximum absolute atomic E-state index is 13.2. The van der Waals surface area contributed by atoms with Crippen LogP contribution in [0, 0.1) is 33.8 Å². The highest BCUT2D eigenvalue weighted by Gasteiger charge is 2.24. The van der Waals surface area contributed by atoms with Crippen LogP contribution in [-0.4, -0.2) is 14.3 Å². The van der Waals surface area contributed by atoms with E-state index in [9.17, 15) is 20.2 Å². The fourth-order valence-corrected chi connectivity index (χ4v) is 5.09. The molecule has 5 rings (SSSR count). The number of rotatable bonds is 3. The van der Waals surface area contributed by atoms with Crippen molar-refractivity contribution in [3.8, 4) is 40.7 Å². The van der Waals surface area contributed by atoms with Gasteiger partial charge in [0.05, 0.1) is 15.9 Å². The Bertz CT molecular complexity index is 1770. The molecule has 3 aromatic heterocycles. The molecule has 0 spiro atoms. The van der Waals surface area contributed by atoms with Crippen molar-refractivity contribution in [3.63, 3.8) is 0 Å². The normalized spacial score (nSPS) is 10.8. The third-order valence-corrected chi connectivity index (χ3v) is 6.50. The minimum Gasteiger partial charge on any atom is -0.384 e. The summed E-state index contributed by atoms with van der Waals surface area (Å²) in [5.41, 5.74) is 8.59. The highest BCUT2D eigenvalue weighted by atomic mass is 32.1. The number of hydrogen-bond acceptors (Lipinski definition) is 7. The molecular weight excluding hydrogens is 450 g/mol. The minimum absolute atomic E-state index is 0.0599. The van der Waals surface area contributed by atoms with Crippen LogP contribution in [0.15, 0.2) is 64.8 Å². The van der Waals surface area contributed by atoms with E-state index in [-0.39, 0.29) is 28.3 Å². The van der Waals surface area contributed by atoms with Gasteiger partial charge >= 0.3 is 0 Å². The van der Waals surface area contributed by atoms with Crippen molar-refractivity contribution in [3.05, 3.63) is 91.6 Å². The van der Waals surface area contributed by atoms with Gasteiger partial charge in [-0.1, -0.05) is 36.3 Å². The largest absolute Gasteiger partial charge is 0.384 e. The Morgan fingerprint density at radius 2 is 1.79 bits per heavy atom. The lowest BCUT2D eigenvalue weighted by atomic mass is 9.95. The van der Waals surface area contributed by atoms with Crippen LogP contribution < -0.4 is 11.3 Å². The predicted molar refractivity (Wildman–Crippen MR) is 131 cm³/mol. The Balaban J connectivity index is 1.90. The highest BCUT2D eigenvalue weighted by Crippen LogP contribution is 2.38. The van der Waals surface area contributed by atoms with E-state index < -0.39 is 10.5 Å². The smallest absolute Gasteiger partial charge is 0.282 e. The average Bonchev–Trinajstić information content (AvgIpc) is 3.30. The maximum atomic E-state index is 13.2. The zero-order chi connectivity index (χ0) is 24.0. The van der Waals surface area contributed by atoms with E-state index in [1.165, 1.54) is 40.0 Å². The molecule has 9 heteroatoms. The molecule has 0 fully saturated rings. The Morgan fingerprint density at radius 3 is 2.41 bits per heavy atom. The second-order valence-corrected chi connectivity index (χ2v) is 8.20. The molecule has 0 unspecified atom stereocenters. The van der Waals surface area contributed by atoms with Crippen LogP contribution in [0.2, 0.25) is 0 Å². The lowest BCUT2D eigenvalue weighted by Crippen LogP contribution is -2.15. The van der Waals surface area contributed by atoms with Crippen LogP contribution in [0.1, 0.15) is 11.1 Å². The number of anilines is 1. The summed E-state index contributed by atoms with van der Waals surface area (Å²) < 4.78 is 1.54. The van der Waals surface area contributed by atoms with Crippen molar-refractivity contribution in [2.75, 3.05) is 5.73 Å². The van der Waals surface area contributed by atoms with Gasteiger partial charge in [0, 0.05) is 28.6 Å². The second-order valence-electron chi connectivity index (χ2n) is 7.34. The summed E-state index contributed by atoms with van der Waals surface area (Å²) in [6, 6.07) is 17.1. The van der Waals surface area contributed by atoms with Crippen molar-refractivity contribution in [2.24, 2.45) is 0 Å². The number of nitrogens with zero attached hydrogens (tertiary/aromatic N) is 4. The molecule has 0 bridgehead atoms. The first-order valence-electron chi connectivity index (χ1n) is 9.92. The number of nitrogen functional groups attached to an aromatic ring is 1. The van der Waals surface area contributed by atoms with E-state index in [0.717, 1.165) is 5.56 Å². The number of thiophene rings is 1. The molecule has 0 atom stereocenters. The molecule has 2 N–H and O–H groups in total. The molecule has 34 heavy (non-hydrogen) atoms. The molecule has 3 heterocycles. The van der Waals surface area contributed by atoms with Crippen LogP contribution in [0.4, 0.5) is 11.5 Å². The molecule has 0 aliphatic heterocycles. The lowest BCUT2D eigenvalue weighted by molar-refractivity contribution is -0.384. The van der Waals surface area contributed by atoms with Gasteiger partial charge in [-0.05, 0) is 23.3 Å². The van der Waals surface area contributed by atoms with E-state index in [1.807, 2.05) is 35.7 Å². The zero-order valence-electron chi connectivity index (χ0n) is 17.4. The number of aromatic nitrogens is 2. The van der Waals surface area contributed by atoms with Gasteiger partial charge in [0.1, 0.15) is 22.3 Å². The van der Waals surface area contributed by atoms with Gasteiger partial charge in [-0.3, -0.25) is 19.3 Å². The molecule has 162 valence electrons. The van der Waals surface area contributed by atoms with E-state index in [0.29, 0.717) is 26.9 Å². The fourth-order valence-electron chi connectivity index (χ4n) is 4.01. The van der Waals surface area contributed by atoms with Crippen LogP contribution in [-0.2, 0) is 0 Å². The van der Waals surface area contributed by atoms with Crippen LogP contribution in [0.5, 0.6) is 0 Å². The SMILES string of the molecule is C#Cc1c(-c2ccc([N+](=O)[O-])cc2)c(C#N)c2nc(=O)c3c(-c4ccccc4)csc3n2c1N. The molecule has 0 aliphatic carbocycles. The Labute approximate surface area is 196 Å². The topological polar surface area (TPSA) is 127 Å². The van der Waals surface area contributed by atoms with E-state index in [4.69, 9.17) is 12.2 Å². The first kappa shape index (κ1) is 20.9. The van der Waals surface area contributed by atoms with E-state index in [2.05, 4.69) is 17.0 Å². The van der Waals surface area contributed by atoms with E-state index in [1.54, 1.807) is 0 Å². The van der Waals surface area contributed by atoms with E-state index >= 15 is 0 Å². The minimum atomic E-state index is -0.523. The van der Waals surface area contributed by atoms with Gasteiger partial charge in [0.25, 0.3) is 11.2 Å². The molecule has 2 aromatic carbocycles. The molecule has 0 amide bonds. The fraction of sp³-hybridized carbons (Fsp3) is 0. The van der Waals surface area contributed by atoms with Crippen LogP contribution in [0.25, 0.3) is 38.1 Å². The number of nitriles is 1. The maximum Gasteiger partial charge on any atom is 0.282 e. The quantitative estimate of drug-likeness (QED) is 0.237. The van der Waals surface area contributed by atoms with Gasteiger partial charge in [0.2, 0.25) is 0 Å². The zero-order valence-corrected chi connectivity index (χ0v) is 18.2. The first-order chi connectivity index (χ1) is 16.5. The molecule has 0 aliphatic rings. The molecule has 8 nitrogen and oxygen atoms in total. The number of non-ortho nitro benzene ring substituents is 1. The number of fused-ring (bicyclic) bond motifs is 3. The predicted octanol–water partition coefficient (Wildman–Crippen LogP) is 4.59. The summed E-state index contributed by atoms with van der Waals surface area (Å²) >= 11 is 1.30. The van der Waals surface area contributed by atoms with Crippen molar-refractivity contribution in [1.82, 2.24) is 9.38 Å². The van der Waals surface area contributed by atoms with Gasteiger partial charge in [-0.25, -0.2) is 0 Å². The number of nitro benzene ring substituents is 1. The van der Waals surface area contributed by atoms with Crippen LogP contribution in [0.3, 0.4) is 0 Å². The molecule has 5 aromatic rings. The third-order valence-electron chi connectivity index (χ3n) is 5.54. The third kappa shape index (κ3) is 3.00. The highest BCUT2D eigenvalue weighted by molar-refractivity contribution is 7.17. The summed E-state index contributed by atoms with van der Waals surface area (Å²) in [4.78, 5) is 28.4. The number of terminal acetylenes is 1. The van der Waals surface area contributed by atoms with Gasteiger partial charge in [-0.2, -0.15) is 10.2 Å². The van der Waals surface area contributed by atoms with Crippen molar-refractivity contribution >= 4 is 38.7 Å². The number of pyridine rings is 1. The Morgan fingerprint density at radius 1 is 1.09 bits per heavy atom. The summed E-state index contributed by atoms with van der Waals surface area (Å²) in [6.07, 6.45) is 5.81. The second kappa shape index (κ2) is 7.85. The lowest BCUT2D eigenvalue weighted by Gasteiger charge is -2.16. The van der Waals surface area contributed by atoms with Crippen LogP contribution >= 0.6 is 11.3 Å². The van der Waals surface area contributed by atoms with Gasteiger partial charge in [-0.15, -0.1) is 17.8 Å². The Hall–Kier alpha value is -4.99. The van der Waals surface area contributed by atoms with Crippen molar-refractivity contribution in [1.29, 1.82) is 5.26 Å². The summed E-state index contributed by atoms with van der Waals surface area (Å²) in [5.74, 6) is 2.69. The Kier molecular flexibility index (Phi) is 4.82. The number of benzene rings is 2. The molecular formula is C25H13N5O3S. The monoisotopic (exact) mass is 463 g/mol. The summed E-state index contributed by atoms with van der Waals surface area (Å²) in [7, 11) is 0. The molecule has 0 saturated heterocycles. The standard InChI is InChI=1S/C25H13N5O3S/c1-2-17-20(15-8-10-16(11-9-15)30(32)33)18(12-26)23-28-24(31)21-19(14-6-4-3-5-7-14)13-34-25(21)29(23)22(17)27/h1,3-11,13H,27H2. The number of nitrogens with two attached hydrogens (primary N) is 1. The molecule has 0 radical (unpaired) electrons. The first-order valence-corrected chi connectivity index (χ1v) is 10.8. The number of nitro groups is 1. The van der Waals surface area contributed by atoms with Crippen molar-refractivity contribution in [2.45, 2.75) is 0 Å². The van der Waals surface area contributed by atoms with Gasteiger partial charge < -0.3 is 5.73 Å². The average molecular weight is 463 g/mol. The summed E-state index contributed by atoms with van der Waals surface area (Å²) in [6.45, 7) is 0. The van der Waals surface area contributed by atoms with Gasteiger partial charge in [0.15, 0.2) is 5.65 Å². The van der Waals surface area contributed by atoms with Crippen molar-refractivity contribution < 1.29 is 4.92 Å².